The van der Waals surface area contributed by atoms with Crippen LogP contribution in [0.4, 0.5) is 5.69 Å². The largest absolute Gasteiger partial charge is 0.321 e. The number of anilines is 1. The smallest absolute Gasteiger partial charge is 0.256 e. The van der Waals surface area contributed by atoms with Gasteiger partial charge in [0.1, 0.15) is 0 Å². The Kier molecular flexibility index (Phi) is 3.22. The Morgan fingerprint density at radius 3 is 2.32 bits per heavy atom. The molecule has 1 aromatic heterocycles. The molecule has 0 aliphatic heterocycles. The third-order valence-electron chi connectivity index (χ3n) is 3.25. The van der Waals surface area contributed by atoms with E-state index < -0.39 is 21.0 Å². The zero-order chi connectivity index (χ0) is 15.9. The average molecular weight is 316 g/mol. The van der Waals surface area contributed by atoms with Gasteiger partial charge in [0.25, 0.3) is 5.56 Å². The van der Waals surface area contributed by atoms with Gasteiger partial charge in [0.05, 0.1) is 28.2 Å². The van der Waals surface area contributed by atoms with Crippen LogP contribution in [0.2, 0.25) is 0 Å². The summed E-state index contributed by atoms with van der Waals surface area (Å²) in [5.41, 5.74) is -0.392. The van der Waals surface area contributed by atoms with Crippen molar-refractivity contribution < 1.29 is 8.42 Å². The molecular weight excluding hydrogens is 304 g/mol. The first-order chi connectivity index (χ1) is 10.4. The van der Waals surface area contributed by atoms with Crippen LogP contribution < -0.4 is 15.7 Å². The van der Waals surface area contributed by atoms with Crippen LogP contribution in [0.5, 0.6) is 0 Å². The molecule has 0 bridgehead atoms. The van der Waals surface area contributed by atoms with Crippen LogP contribution in [0.15, 0.2) is 52.1 Å². The van der Waals surface area contributed by atoms with E-state index in [1.54, 1.807) is 36.4 Å². The van der Waals surface area contributed by atoms with E-state index in [0.29, 0.717) is 0 Å². The predicted molar refractivity (Wildman–Crippen MR) is 86.8 cm³/mol. The molecule has 0 radical (unpaired) electrons. The van der Waals surface area contributed by atoms with Crippen LogP contribution in [0, 0.1) is 0 Å². The summed E-state index contributed by atoms with van der Waals surface area (Å²) in [4.78, 5) is 27.6. The van der Waals surface area contributed by atoms with Crippen molar-refractivity contribution in [2.24, 2.45) is 0 Å². The number of nitrogens with one attached hydrogen (secondary N) is 2. The molecule has 2 N–H and O–H groups in total. The molecule has 0 spiro atoms. The average Bonchev–Trinajstić information content (AvgIpc) is 2.55. The molecule has 0 saturated heterocycles. The summed E-state index contributed by atoms with van der Waals surface area (Å²) in [6.07, 6.45) is 1.00. The highest BCUT2D eigenvalue weighted by atomic mass is 32.2. The minimum Gasteiger partial charge on any atom is -0.321 e. The number of fused-ring (bicyclic) bond motifs is 2. The van der Waals surface area contributed by atoms with Crippen molar-refractivity contribution in [3.05, 3.63) is 63.0 Å². The third-order valence-corrected chi connectivity index (χ3v) is 3.84. The van der Waals surface area contributed by atoms with Gasteiger partial charge >= 0.3 is 0 Å². The predicted octanol–water partition coefficient (Wildman–Crippen LogP) is 1.41. The van der Waals surface area contributed by atoms with Crippen molar-refractivity contribution in [1.82, 2.24) is 4.98 Å². The second-order valence-electron chi connectivity index (χ2n) is 4.93. The van der Waals surface area contributed by atoms with Gasteiger partial charge in [-0.25, -0.2) is 8.42 Å². The maximum atomic E-state index is 12.8. The number of aromatic amines is 1. The molecule has 0 atom stereocenters. The van der Waals surface area contributed by atoms with Crippen molar-refractivity contribution in [1.29, 1.82) is 0 Å². The lowest BCUT2D eigenvalue weighted by atomic mass is 10.1. The van der Waals surface area contributed by atoms with Crippen LogP contribution in [0.25, 0.3) is 21.7 Å². The number of H-pyrrole nitrogens is 1. The van der Waals surface area contributed by atoms with Crippen molar-refractivity contribution in [3.63, 3.8) is 0 Å². The van der Waals surface area contributed by atoms with Gasteiger partial charge in [-0.2, -0.15) is 0 Å². The maximum Gasteiger partial charge on any atom is 0.256 e. The molecule has 3 rings (SSSR count). The lowest BCUT2D eigenvalue weighted by molar-refractivity contribution is 0.607. The molecule has 2 aromatic carbocycles. The first kappa shape index (κ1) is 14.3. The molecule has 0 aliphatic rings. The van der Waals surface area contributed by atoms with E-state index in [2.05, 4.69) is 9.71 Å². The van der Waals surface area contributed by atoms with Crippen LogP contribution in [-0.4, -0.2) is 19.7 Å². The number of benzene rings is 2. The number of sulfonamides is 1. The Bertz CT molecular complexity index is 1120. The van der Waals surface area contributed by atoms with E-state index in [4.69, 9.17) is 0 Å². The molecule has 1 heterocycles. The van der Waals surface area contributed by atoms with Crippen molar-refractivity contribution in [2.45, 2.75) is 0 Å². The number of hydrogen-bond acceptors (Lipinski definition) is 4. The normalized spacial score (nSPS) is 11.7. The number of hydrogen-bond donors (Lipinski definition) is 2. The molecule has 3 aromatic rings. The van der Waals surface area contributed by atoms with Gasteiger partial charge in [-0.05, 0) is 18.2 Å². The zero-order valence-electron chi connectivity index (χ0n) is 11.6. The summed E-state index contributed by atoms with van der Waals surface area (Å²) in [6, 6.07) is 11.0. The fraction of sp³-hybridized carbons (Fsp3) is 0.0667. The summed E-state index contributed by atoms with van der Waals surface area (Å²) in [7, 11) is -3.55. The molecule has 0 amide bonds. The van der Waals surface area contributed by atoms with E-state index >= 15 is 0 Å². The van der Waals surface area contributed by atoms with Gasteiger partial charge in [0.2, 0.25) is 10.0 Å². The topological polar surface area (TPSA) is 96.1 Å². The maximum absolute atomic E-state index is 12.8. The summed E-state index contributed by atoms with van der Waals surface area (Å²) in [5, 5.41) is 0.627. The molecule has 0 aliphatic carbocycles. The first-order valence-corrected chi connectivity index (χ1v) is 8.32. The van der Waals surface area contributed by atoms with E-state index in [-0.39, 0.29) is 27.4 Å². The van der Waals surface area contributed by atoms with Crippen molar-refractivity contribution in [3.8, 4) is 0 Å². The van der Waals surface area contributed by atoms with Crippen LogP contribution in [0.3, 0.4) is 0 Å². The van der Waals surface area contributed by atoms with Crippen molar-refractivity contribution in [2.75, 3.05) is 11.0 Å². The fourth-order valence-corrected chi connectivity index (χ4v) is 2.96. The van der Waals surface area contributed by atoms with Crippen molar-refractivity contribution >= 4 is 37.4 Å². The number of rotatable bonds is 2. The SMILES string of the molecule is CS(=O)(=O)Nc1cccc2[nH]c(=O)c3ccccc3c(=O)c12. The molecule has 0 saturated carbocycles. The summed E-state index contributed by atoms with van der Waals surface area (Å²) < 4.78 is 25.3. The molecule has 22 heavy (non-hydrogen) atoms. The molecule has 0 fully saturated rings. The third kappa shape index (κ3) is 2.46. The Balaban J connectivity index is 2.59. The fourth-order valence-electron chi connectivity index (χ4n) is 2.39. The minimum atomic E-state index is -3.55. The van der Waals surface area contributed by atoms with Crippen LogP contribution in [-0.2, 0) is 10.0 Å². The van der Waals surface area contributed by atoms with Gasteiger partial charge in [-0.3, -0.25) is 14.3 Å². The Labute approximate surface area is 125 Å². The van der Waals surface area contributed by atoms with Crippen LogP contribution in [0.1, 0.15) is 0 Å². The Hall–Kier alpha value is -2.67. The Morgan fingerprint density at radius 2 is 1.64 bits per heavy atom. The van der Waals surface area contributed by atoms with Gasteiger partial charge in [-0.15, -0.1) is 0 Å². The van der Waals surface area contributed by atoms with E-state index in [1.165, 1.54) is 6.07 Å². The van der Waals surface area contributed by atoms with Gasteiger partial charge in [0, 0.05) is 5.39 Å². The molecule has 0 unspecified atom stereocenters. The molecule has 7 heteroatoms. The van der Waals surface area contributed by atoms with E-state index in [0.717, 1.165) is 6.26 Å². The zero-order valence-corrected chi connectivity index (χ0v) is 12.4. The standard InChI is InChI=1S/C15H12N2O4S/c1-22(20,21)17-12-8-4-7-11-13(12)14(18)9-5-2-3-6-10(9)15(19)16-11/h2-8,17H,1H3,(H,16,19). The van der Waals surface area contributed by atoms with E-state index in [1.807, 2.05) is 0 Å². The number of aromatic nitrogens is 1. The second-order valence-corrected chi connectivity index (χ2v) is 6.68. The highest BCUT2D eigenvalue weighted by molar-refractivity contribution is 7.92. The lowest BCUT2D eigenvalue weighted by Crippen LogP contribution is -2.12. The molecule has 6 nitrogen and oxygen atoms in total. The molecular formula is C15H12N2O4S. The first-order valence-electron chi connectivity index (χ1n) is 6.43. The lowest BCUT2D eigenvalue weighted by Gasteiger charge is -2.05. The quantitative estimate of drug-likeness (QED) is 0.747. The molecule has 112 valence electrons. The highest BCUT2D eigenvalue weighted by Crippen LogP contribution is 2.20. The van der Waals surface area contributed by atoms with Gasteiger partial charge in [0.15, 0.2) is 5.43 Å². The monoisotopic (exact) mass is 316 g/mol. The summed E-state index contributed by atoms with van der Waals surface area (Å²) in [6.45, 7) is 0. The van der Waals surface area contributed by atoms with Crippen LogP contribution >= 0.6 is 0 Å². The summed E-state index contributed by atoms with van der Waals surface area (Å²) >= 11 is 0. The summed E-state index contributed by atoms with van der Waals surface area (Å²) in [5.74, 6) is 0. The minimum absolute atomic E-state index is 0.131. The van der Waals surface area contributed by atoms with Gasteiger partial charge in [-0.1, -0.05) is 24.3 Å². The van der Waals surface area contributed by atoms with E-state index in [9.17, 15) is 18.0 Å². The Morgan fingerprint density at radius 1 is 0.955 bits per heavy atom. The highest BCUT2D eigenvalue weighted by Gasteiger charge is 2.11. The van der Waals surface area contributed by atoms with Gasteiger partial charge < -0.3 is 4.98 Å². The second kappa shape index (κ2) is 4.96.